The van der Waals surface area contributed by atoms with Crippen LogP contribution < -0.4 is 0 Å². The molecule has 4 saturated carbocycles. The molecule has 4 bridgehead atoms. The SMILES string of the molecule is C=C(C)C(=O)OCCOC(=O)COC1(C)C2CC3CC(C2)CC1C3. The minimum atomic E-state index is -0.469. The third kappa shape index (κ3) is 3.51. The molecule has 0 unspecified atom stereocenters. The second-order valence-corrected chi connectivity index (χ2v) is 7.91. The normalized spacial score (nSPS) is 36.4. The summed E-state index contributed by atoms with van der Waals surface area (Å²) >= 11 is 0. The summed E-state index contributed by atoms with van der Waals surface area (Å²) in [5, 5.41) is 0. The maximum atomic E-state index is 11.9. The molecule has 0 saturated heterocycles. The second-order valence-electron chi connectivity index (χ2n) is 7.91. The van der Waals surface area contributed by atoms with Crippen LogP contribution in [-0.2, 0) is 23.8 Å². The summed E-state index contributed by atoms with van der Waals surface area (Å²) in [5.74, 6) is 2.05. The van der Waals surface area contributed by atoms with E-state index in [-0.39, 0.29) is 25.4 Å². The number of rotatable bonds is 7. The van der Waals surface area contributed by atoms with Crippen molar-refractivity contribution in [3.05, 3.63) is 12.2 Å². The van der Waals surface area contributed by atoms with E-state index < -0.39 is 11.9 Å². The molecule has 0 radical (unpaired) electrons. The van der Waals surface area contributed by atoms with Crippen LogP contribution in [0, 0.1) is 23.7 Å². The first-order valence-corrected chi connectivity index (χ1v) is 9.00. The van der Waals surface area contributed by atoms with Gasteiger partial charge in [0, 0.05) is 5.57 Å². The Morgan fingerprint density at radius 3 is 2.08 bits per heavy atom. The predicted octanol–water partition coefficient (Wildman–Crippen LogP) is 2.88. The van der Waals surface area contributed by atoms with Crippen molar-refractivity contribution in [2.24, 2.45) is 23.7 Å². The summed E-state index contributed by atoms with van der Waals surface area (Å²) in [6, 6.07) is 0. The van der Waals surface area contributed by atoms with Gasteiger partial charge in [0.15, 0.2) is 0 Å². The molecule has 5 nitrogen and oxygen atoms in total. The molecule has 0 atom stereocenters. The van der Waals surface area contributed by atoms with Crippen molar-refractivity contribution < 1.29 is 23.8 Å². The molecule has 134 valence electrons. The van der Waals surface area contributed by atoms with E-state index in [2.05, 4.69) is 13.5 Å². The number of carbonyl (C=O) groups excluding carboxylic acids is 2. The highest BCUT2D eigenvalue weighted by molar-refractivity contribution is 5.86. The smallest absolute Gasteiger partial charge is 0.333 e. The third-order valence-electron chi connectivity index (χ3n) is 6.19. The zero-order valence-corrected chi connectivity index (χ0v) is 14.7. The fourth-order valence-electron chi connectivity index (χ4n) is 5.02. The topological polar surface area (TPSA) is 61.8 Å². The Kier molecular flexibility index (Phi) is 5.00. The second kappa shape index (κ2) is 6.87. The van der Waals surface area contributed by atoms with Gasteiger partial charge in [0.2, 0.25) is 0 Å². The van der Waals surface area contributed by atoms with E-state index in [1.165, 1.54) is 32.1 Å². The summed E-state index contributed by atoms with van der Waals surface area (Å²) in [5.41, 5.74) is 0.151. The average Bonchev–Trinajstić information content (AvgIpc) is 2.53. The molecular formula is C19H28O5. The third-order valence-corrected chi connectivity index (χ3v) is 6.19. The van der Waals surface area contributed by atoms with Crippen LogP contribution in [0.2, 0.25) is 0 Å². The van der Waals surface area contributed by atoms with Gasteiger partial charge in [0.1, 0.15) is 19.8 Å². The van der Waals surface area contributed by atoms with Gasteiger partial charge in [-0.2, -0.15) is 0 Å². The van der Waals surface area contributed by atoms with Crippen molar-refractivity contribution in [1.29, 1.82) is 0 Å². The molecule has 4 fully saturated rings. The predicted molar refractivity (Wildman–Crippen MR) is 88.1 cm³/mol. The maximum absolute atomic E-state index is 11.9. The minimum absolute atomic E-state index is 0.0206. The van der Waals surface area contributed by atoms with Gasteiger partial charge in [-0.05, 0) is 69.6 Å². The molecule has 24 heavy (non-hydrogen) atoms. The maximum Gasteiger partial charge on any atom is 0.333 e. The molecular weight excluding hydrogens is 308 g/mol. The molecule has 0 N–H and O–H groups in total. The van der Waals surface area contributed by atoms with E-state index >= 15 is 0 Å². The van der Waals surface area contributed by atoms with Gasteiger partial charge >= 0.3 is 11.9 Å². The van der Waals surface area contributed by atoms with E-state index in [9.17, 15) is 9.59 Å². The number of hydrogen-bond donors (Lipinski definition) is 0. The van der Waals surface area contributed by atoms with Gasteiger partial charge in [0.05, 0.1) is 5.60 Å². The fraction of sp³-hybridized carbons (Fsp3) is 0.789. The van der Waals surface area contributed by atoms with Crippen molar-refractivity contribution in [2.45, 2.75) is 51.6 Å². The Morgan fingerprint density at radius 2 is 1.54 bits per heavy atom. The molecule has 0 heterocycles. The van der Waals surface area contributed by atoms with Gasteiger partial charge in [-0.1, -0.05) is 6.58 Å². The van der Waals surface area contributed by atoms with Crippen LogP contribution in [0.1, 0.15) is 46.0 Å². The van der Waals surface area contributed by atoms with Crippen molar-refractivity contribution >= 4 is 11.9 Å². The van der Waals surface area contributed by atoms with Crippen molar-refractivity contribution in [1.82, 2.24) is 0 Å². The van der Waals surface area contributed by atoms with Crippen LogP contribution in [0.15, 0.2) is 12.2 Å². The quantitative estimate of drug-likeness (QED) is 0.406. The van der Waals surface area contributed by atoms with Crippen LogP contribution in [0.3, 0.4) is 0 Å². The molecule has 4 aliphatic rings. The van der Waals surface area contributed by atoms with Crippen LogP contribution in [0.25, 0.3) is 0 Å². The Bertz CT molecular complexity index is 496. The Labute approximate surface area is 143 Å². The number of hydrogen-bond acceptors (Lipinski definition) is 5. The Morgan fingerprint density at radius 1 is 1.00 bits per heavy atom. The summed E-state index contributed by atoms with van der Waals surface area (Å²) in [4.78, 5) is 23.1. The largest absolute Gasteiger partial charge is 0.460 e. The fourth-order valence-corrected chi connectivity index (χ4v) is 5.02. The van der Waals surface area contributed by atoms with Crippen LogP contribution in [0.4, 0.5) is 0 Å². The molecule has 0 aromatic rings. The molecule has 0 amide bonds. The van der Waals surface area contributed by atoms with Gasteiger partial charge in [-0.25, -0.2) is 9.59 Å². The zero-order chi connectivity index (χ0) is 17.3. The summed E-state index contributed by atoms with van der Waals surface area (Å²) in [7, 11) is 0. The Balaban J connectivity index is 1.40. The lowest BCUT2D eigenvalue weighted by Crippen LogP contribution is -2.57. The lowest BCUT2D eigenvalue weighted by molar-refractivity contribution is -0.202. The molecule has 0 aliphatic heterocycles. The standard InChI is InChI=1S/C19H28O5/c1-12(2)18(21)23-5-4-22-17(20)11-24-19(3)15-7-13-6-14(9-15)10-16(19)8-13/h13-16H,1,4-11H2,2-3H3. The van der Waals surface area contributed by atoms with Gasteiger partial charge in [0.25, 0.3) is 0 Å². The summed E-state index contributed by atoms with van der Waals surface area (Å²) in [6.45, 7) is 7.33. The van der Waals surface area contributed by atoms with Gasteiger partial charge in [-0.15, -0.1) is 0 Å². The summed E-state index contributed by atoms with van der Waals surface area (Å²) < 4.78 is 16.1. The van der Waals surface area contributed by atoms with E-state index in [0.29, 0.717) is 17.4 Å². The number of esters is 2. The highest BCUT2D eigenvalue weighted by atomic mass is 16.6. The first-order valence-electron chi connectivity index (χ1n) is 9.00. The van der Waals surface area contributed by atoms with Crippen LogP contribution in [0.5, 0.6) is 0 Å². The van der Waals surface area contributed by atoms with Gasteiger partial charge < -0.3 is 14.2 Å². The van der Waals surface area contributed by atoms with E-state index in [4.69, 9.17) is 14.2 Å². The monoisotopic (exact) mass is 336 g/mol. The molecule has 4 rings (SSSR count). The molecule has 0 aromatic carbocycles. The number of ether oxygens (including phenoxy) is 3. The first-order chi connectivity index (χ1) is 11.4. The molecule has 0 spiro atoms. The van der Waals surface area contributed by atoms with E-state index in [1.54, 1.807) is 6.92 Å². The Hall–Kier alpha value is -1.36. The number of carbonyl (C=O) groups is 2. The van der Waals surface area contributed by atoms with Crippen LogP contribution in [-0.4, -0.2) is 37.4 Å². The van der Waals surface area contributed by atoms with Gasteiger partial charge in [-0.3, -0.25) is 0 Å². The van der Waals surface area contributed by atoms with Crippen LogP contribution >= 0.6 is 0 Å². The zero-order valence-electron chi connectivity index (χ0n) is 14.7. The van der Waals surface area contributed by atoms with E-state index in [0.717, 1.165) is 11.8 Å². The van der Waals surface area contributed by atoms with E-state index in [1.807, 2.05) is 0 Å². The average molecular weight is 336 g/mol. The first kappa shape index (κ1) is 17.5. The molecule has 4 aliphatic carbocycles. The lowest BCUT2D eigenvalue weighted by Gasteiger charge is -2.59. The molecule has 0 aromatic heterocycles. The van der Waals surface area contributed by atoms with Crippen molar-refractivity contribution in [3.63, 3.8) is 0 Å². The summed E-state index contributed by atoms with van der Waals surface area (Å²) in [6.07, 6.45) is 6.38. The van der Waals surface area contributed by atoms with Crippen molar-refractivity contribution in [2.75, 3.05) is 19.8 Å². The van der Waals surface area contributed by atoms with Crippen molar-refractivity contribution in [3.8, 4) is 0 Å². The molecule has 5 heteroatoms. The highest BCUT2D eigenvalue weighted by Crippen LogP contribution is 2.59. The highest BCUT2D eigenvalue weighted by Gasteiger charge is 2.55. The minimum Gasteiger partial charge on any atom is -0.460 e. The lowest BCUT2D eigenvalue weighted by atomic mass is 9.50.